The lowest BCUT2D eigenvalue weighted by atomic mass is 10.3. The highest BCUT2D eigenvalue weighted by Crippen LogP contribution is 2.32. The van der Waals surface area contributed by atoms with Crippen molar-refractivity contribution < 1.29 is 12.6 Å². The second-order valence-corrected chi connectivity index (χ2v) is 8.63. The van der Waals surface area contributed by atoms with Crippen molar-refractivity contribution in [3.05, 3.63) is 0 Å². The molecule has 0 saturated heterocycles. The Hall–Kier alpha value is -0.220. The molecule has 0 bridgehead atoms. The largest absolute Gasteiger partial charge is 0.333 e. The van der Waals surface area contributed by atoms with E-state index < -0.39 is 20.3 Å². The van der Waals surface area contributed by atoms with Crippen LogP contribution in [-0.2, 0) is 14.5 Å². The summed E-state index contributed by atoms with van der Waals surface area (Å²) in [6.07, 6.45) is 7.52. The van der Waals surface area contributed by atoms with Gasteiger partial charge in [-0.25, -0.2) is 5.14 Å². The van der Waals surface area contributed by atoms with E-state index in [1.807, 2.05) is 0 Å². The SMILES string of the molecule is CS(C)(C)C#CCCCOS(N)(=O)=O. The zero-order chi connectivity index (χ0) is 11.2. The Morgan fingerprint density at radius 1 is 1.29 bits per heavy atom. The second kappa shape index (κ2) is 5.61. The smallest absolute Gasteiger partial charge is 0.258 e. The van der Waals surface area contributed by atoms with Gasteiger partial charge in [-0.15, -0.1) is 0 Å². The molecule has 0 aliphatic carbocycles. The monoisotopic (exact) mass is 239 g/mol. The minimum atomic E-state index is -3.78. The molecular weight excluding hydrogens is 222 g/mol. The number of nitrogens with two attached hydrogens (primary N) is 1. The highest BCUT2D eigenvalue weighted by molar-refractivity contribution is 8.35. The first kappa shape index (κ1) is 13.8. The van der Waals surface area contributed by atoms with Crippen molar-refractivity contribution >= 4 is 20.3 Å². The van der Waals surface area contributed by atoms with Crippen LogP contribution in [0.15, 0.2) is 0 Å². The van der Waals surface area contributed by atoms with E-state index in [0.717, 1.165) is 0 Å². The molecule has 0 heterocycles. The molecule has 2 N–H and O–H groups in total. The first-order valence-corrected chi connectivity index (χ1v) is 8.39. The molecule has 0 amide bonds. The molecule has 0 aromatic rings. The van der Waals surface area contributed by atoms with Crippen LogP contribution in [0.5, 0.6) is 0 Å². The summed E-state index contributed by atoms with van der Waals surface area (Å²) in [5.74, 6) is 2.98. The van der Waals surface area contributed by atoms with E-state index in [1.165, 1.54) is 0 Å². The lowest BCUT2D eigenvalue weighted by molar-refractivity contribution is 0.314. The Labute approximate surface area is 87.8 Å². The van der Waals surface area contributed by atoms with Gasteiger partial charge in [0.05, 0.1) is 6.61 Å². The lowest BCUT2D eigenvalue weighted by Gasteiger charge is -2.14. The molecule has 6 heteroatoms. The van der Waals surface area contributed by atoms with Gasteiger partial charge in [-0.3, -0.25) is 4.18 Å². The molecule has 0 unspecified atom stereocenters. The van der Waals surface area contributed by atoms with Crippen LogP contribution in [0.1, 0.15) is 12.8 Å². The summed E-state index contributed by atoms with van der Waals surface area (Å²) in [7, 11) is -4.57. The van der Waals surface area contributed by atoms with Crippen molar-refractivity contribution in [2.75, 3.05) is 25.4 Å². The van der Waals surface area contributed by atoms with Crippen LogP contribution in [0.2, 0.25) is 0 Å². The highest BCUT2D eigenvalue weighted by atomic mass is 32.3. The summed E-state index contributed by atoms with van der Waals surface area (Å²) in [4.78, 5) is 0. The van der Waals surface area contributed by atoms with Gasteiger partial charge in [0.25, 0.3) is 0 Å². The van der Waals surface area contributed by atoms with Crippen LogP contribution in [0.4, 0.5) is 0 Å². The van der Waals surface area contributed by atoms with Crippen molar-refractivity contribution in [1.29, 1.82) is 0 Å². The Morgan fingerprint density at radius 3 is 2.29 bits per heavy atom. The van der Waals surface area contributed by atoms with E-state index in [4.69, 9.17) is 0 Å². The van der Waals surface area contributed by atoms with Gasteiger partial charge in [-0.05, 0) is 25.2 Å². The van der Waals surface area contributed by atoms with Crippen molar-refractivity contribution in [1.82, 2.24) is 0 Å². The minimum absolute atomic E-state index is 0.104. The Balaban J connectivity index is 3.62. The number of rotatable bonds is 4. The molecule has 14 heavy (non-hydrogen) atoms. The van der Waals surface area contributed by atoms with Crippen LogP contribution < -0.4 is 5.14 Å². The summed E-state index contributed by atoms with van der Waals surface area (Å²) in [6, 6.07) is 0. The lowest BCUT2D eigenvalue weighted by Crippen LogP contribution is -2.16. The molecule has 4 nitrogen and oxygen atoms in total. The molecule has 0 spiro atoms. The molecule has 0 radical (unpaired) electrons. The molecule has 0 aliphatic rings. The van der Waals surface area contributed by atoms with Crippen LogP contribution in [0.3, 0.4) is 0 Å². The third kappa shape index (κ3) is 11.8. The van der Waals surface area contributed by atoms with Crippen LogP contribution in [-0.4, -0.2) is 33.8 Å². The predicted molar refractivity (Wildman–Crippen MR) is 61.4 cm³/mol. The Morgan fingerprint density at radius 2 is 1.86 bits per heavy atom. The van der Waals surface area contributed by atoms with Gasteiger partial charge in [0.1, 0.15) is 0 Å². The summed E-state index contributed by atoms with van der Waals surface area (Å²) in [5.41, 5.74) is 0. The second-order valence-electron chi connectivity index (χ2n) is 3.53. The third-order valence-electron chi connectivity index (χ3n) is 1.07. The maximum absolute atomic E-state index is 10.3. The normalized spacial score (nSPS) is 13.1. The zero-order valence-electron chi connectivity index (χ0n) is 8.74. The van der Waals surface area contributed by atoms with Crippen molar-refractivity contribution in [3.8, 4) is 11.2 Å². The van der Waals surface area contributed by atoms with Crippen molar-refractivity contribution in [3.63, 3.8) is 0 Å². The van der Waals surface area contributed by atoms with E-state index in [1.54, 1.807) is 0 Å². The van der Waals surface area contributed by atoms with Crippen LogP contribution in [0, 0.1) is 11.2 Å². The predicted octanol–water partition coefficient (Wildman–Crippen LogP) is 0.642. The van der Waals surface area contributed by atoms with E-state index in [0.29, 0.717) is 12.8 Å². The van der Waals surface area contributed by atoms with Gasteiger partial charge in [-0.2, -0.15) is 18.4 Å². The van der Waals surface area contributed by atoms with Gasteiger partial charge < -0.3 is 0 Å². The molecule has 0 aliphatic heterocycles. The molecular formula is C8H17NO3S2. The fourth-order valence-electron chi connectivity index (χ4n) is 0.603. The average molecular weight is 239 g/mol. The van der Waals surface area contributed by atoms with Crippen LogP contribution >= 0.6 is 10.0 Å². The van der Waals surface area contributed by atoms with Crippen molar-refractivity contribution in [2.24, 2.45) is 5.14 Å². The Bertz CT molecular complexity index is 319. The highest BCUT2D eigenvalue weighted by Gasteiger charge is 2.00. The molecule has 0 rings (SSSR count). The third-order valence-corrected chi connectivity index (χ3v) is 2.32. The molecule has 0 aromatic heterocycles. The molecule has 0 saturated carbocycles. The number of hydrogen-bond donors (Lipinski definition) is 1. The standard InChI is InChI=1S/C8H17NO3S2/c1-13(2,3)8-6-4-5-7-12-14(9,10)11/h4-5,7H2,1-3H3,(H2,9,10,11). The topological polar surface area (TPSA) is 69.4 Å². The summed E-state index contributed by atoms with van der Waals surface area (Å²) in [5, 5.41) is 7.75. The Kier molecular flexibility index (Phi) is 5.52. The van der Waals surface area contributed by atoms with Gasteiger partial charge in [0.15, 0.2) is 0 Å². The fourth-order valence-corrected chi connectivity index (χ4v) is 1.49. The first-order chi connectivity index (χ1) is 6.21. The quantitative estimate of drug-likeness (QED) is 0.578. The van der Waals surface area contributed by atoms with Gasteiger partial charge >= 0.3 is 10.3 Å². The summed E-state index contributed by atoms with van der Waals surface area (Å²) >= 11 is 0. The van der Waals surface area contributed by atoms with Gasteiger partial charge in [0, 0.05) is 6.42 Å². The van der Waals surface area contributed by atoms with Gasteiger partial charge in [-0.1, -0.05) is 11.2 Å². The fraction of sp³-hybridized carbons (Fsp3) is 0.750. The van der Waals surface area contributed by atoms with E-state index in [-0.39, 0.29) is 6.61 Å². The molecule has 0 aromatic carbocycles. The van der Waals surface area contributed by atoms with Crippen LogP contribution in [0.25, 0.3) is 0 Å². The maximum Gasteiger partial charge on any atom is 0.333 e. The summed E-state index contributed by atoms with van der Waals surface area (Å²) < 4.78 is 25.0. The first-order valence-electron chi connectivity index (χ1n) is 4.06. The van der Waals surface area contributed by atoms with E-state index in [2.05, 4.69) is 39.3 Å². The average Bonchev–Trinajstić information content (AvgIpc) is 1.92. The number of hydrogen-bond acceptors (Lipinski definition) is 3. The zero-order valence-corrected chi connectivity index (χ0v) is 10.4. The summed E-state index contributed by atoms with van der Waals surface area (Å²) in [6.45, 7) is 0.104. The molecule has 0 fully saturated rings. The molecule has 0 atom stereocenters. The minimum Gasteiger partial charge on any atom is -0.258 e. The molecule has 84 valence electrons. The van der Waals surface area contributed by atoms with E-state index >= 15 is 0 Å². The van der Waals surface area contributed by atoms with Gasteiger partial charge in [0.2, 0.25) is 0 Å². The number of unbranched alkanes of at least 4 members (excludes halogenated alkanes) is 1. The van der Waals surface area contributed by atoms with E-state index in [9.17, 15) is 8.42 Å². The maximum atomic E-state index is 10.3. The van der Waals surface area contributed by atoms with Crippen molar-refractivity contribution in [2.45, 2.75) is 12.8 Å².